The fourth-order valence-corrected chi connectivity index (χ4v) is 2.63. The first-order chi connectivity index (χ1) is 7.63. The van der Waals surface area contributed by atoms with E-state index in [1.165, 1.54) is 27.1 Å². The first-order valence-electron chi connectivity index (χ1n) is 5.35. The van der Waals surface area contributed by atoms with Gasteiger partial charge in [0.05, 0.1) is 4.88 Å². The summed E-state index contributed by atoms with van der Waals surface area (Å²) >= 11 is 1.68. The maximum Gasteiger partial charge on any atom is 0.107 e. The molecule has 0 spiro atoms. The van der Waals surface area contributed by atoms with E-state index in [4.69, 9.17) is 5.73 Å². The Balaban J connectivity index is 2.52. The lowest BCUT2D eigenvalue weighted by molar-refractivity contribution is 1.04. The van der Waals surface area contributed by atoms with Crippen molar-refractivity contribution in [1.82, 2.24) is 4.98 Å². The molecule has 0 saturated carbocycles. The third-order valence-electron chi connectivity index (χ3n) is 3.05. The largest absolute Gasteiger partial charge is 0.325 e. The lowest BCUT2D eigenvalue weighted by Crippen LogP contribution is -1.93. The van der Waals surface area contributed by atoms with Gasteiger partial charge in [-0.25, -0.2) is 4.98 Å². The second-order valence-electron chi connectivity index (χ2n) is 4.00. The van der Waals surface area contributed by atoms with E-state index in [0.717, 1.165) is 5.01 Å². The van der Waals surface area contributed by atoms with Crippen molar-refractivity contribution in [2.24, 2.45) is 5.73 Å². The predicted molar refractivity (Wildman–Crippen MR) is 69.7 cm³/mol. The van der Waals surface area contributed by atoms with Crippen molar-refractivity contribution in [3.05, 3.63) is 40.0 Å². The quantitative estimate of drug-likeness (QED) is 0.863. The molecule has 0 bridgehead atoms. The van der Waals surface area contributed by atoms with E-state index in [1.807, 2.05) is 6.20 Å². The van der Waals surface area contributed by atoms with Crippen molar-refractivity contribution < 1.29 is 0 Å². The zero-order chi connectivity index (χ0) is 11.7. The molecule has 0 aliphatic carbocycles. The lowest BCUT2D eigenvalue weighted by Gasteiger charge is -2.09. The molecular formula is C13H16N2S. The van der Waals surface area contributed by atoms with Crippen molar-refractivity contribution >= 4 is 11.3 Å². The highest BCUT2D eigenvalue weighted by Gasteiger charge is 2.08. The summed E-state index contributed by atoms with van der Waals surface area (Å²) < 4.78 is 0. The van der Waals surface area contributed by atoms with Crippen LogP contribution in [-0.2, 0) is 6.54 Å². The molecule has 1 aromatic carbocycles. The summed E-state index contributed by atoms with van der Waals surface area (Å²) in [7, 11) is 0. The van der Waals surface area contributed by atoms with Crippen LogP contribution in [0.15, 0.2) is 18.3 Å². The Bertz CT molecular complexity index is 515. The van der Waals surface area contributed by atoms with Gasteiger partial charge in [0.1, 0.15) is 5.01 Å². The fraction of sp³-hybridized carbons (Fsp3) is 0.308. The normalized spacial score (nSPS) is 10.8. The zero-order valence-electron chi connectivity index (χ0n) is 9.87. The Hall–Kier alpha value is -1.19. The molecule has 0 amide bonds. The molecule has 0 fully saturated rings. The van der Waals surface area contributed by atoms with Crippen LogP contribution >= 0.6 is 11.3 Å². The molecule has 3 heteroatoms. The second-order valence-corrected chi connectivity index (χ2v) is 5.12. The average molecular weight is 232 g/mol. The lowest BCUT2D eigenvalue weighted by atomic mass is 9.98. The maximum absolute atomic E-state index is 5.58. The smallest absolute Gasteiger partial charge is 0.107 e. The number of thiazole rings is 1. The van der Waals surface area contributed by atoms with Crippen LogP contribution in [0.3, 0.4) is 0 Å². The Morgan fingerprint density at radius 1 is 1.19 bits per heavy atom. The predicted octanol–water partition coefficient (Wildman–Crippen LogP) is 3.19. The van der Waals surface area contributed by atoms with Gasteiger partial charge >= 0.3 is 0 Å². The minimum atomic E-state index is 0.522. The molecule has 16 heavy (non-hydrogen) atoms. The van der Waals surface area contributed by atoms with E-state index < -0.39 is 0 Å². The van der Waals surface area contributed by atoms with Gasteiger partial charge in [-0.3, -0.25) is 0 Å². The number of nitrogens with two attached hydrogens (primary N) is 1. The Morgan fingerprint density at radius 2 is 1.94 bits per heavy atom. The van der Waals surface area contributed by atoms with E-state index in [9.17, 15) is 0 Å². The summed E-state index contributed by atoms with van der Waals surface area (Å²) in [5.74, 6) is 0. The highest BCUT2D eigenvalue weighted by atomic mass is 32.1. The number of rotatable bonds is 2. The first kappa shape index (κ1) is 11.3. The molecule has 0 atom stereocenters. The van der Waals surface area contributed by atoms with Gasteiger partial charge in [0.15, 0.2) is 0 Å². The number of nitrogens with zero attached hydrogens (tertiary/aromatic N) is 1. The van der Waals surface area contributed by atoms with Crippen molar-refractivity contribution in [2.45, 2.75) is 27.3 Å². The molecule has 0 aliphatic rings. The van der Waals surface area contributed by atoms with Gasteiger partial charge in [0, 0.05) is 12.7 Å². The van der Waals surface area contributed by atoms with E-state index >= 15 is 0 Å². The van der Waals surface area contributed by atoms with Crippen LogP contribution in [0.2, 0.25) is 0 Å². The second kappa shape index (κ2) is 4.36. The molecular weight excluding hydrogens is 216 g/mol. The maximum atomic E-state index is 5.58. The number of aromatic nitrogens is 1. The zero-order valence-corrected chi connectivity index (χ0v) is 10.7. The van der Waals surface area contributed by atoms with Gasteiger partial charge in [0.25, 0.3) is 0 Å². The highest BCUT2D eigenvalue weighted by molar-refractivity contribution is 7.15. The minimum absolute atomic E-state index is 0.522. The minimum Gasteiger partial charge on any atom is -0.325 e. The standard InChI is InChI=1S/C13H16N2S/c1-8-4-5-11(10(3)9(8)2)12-7-15-13(6-14)16-12/h4-5,7H,6,14H2,1-3H3. The number of hydrogen-bond acceptors (Lipinski definition) is 3. The van der Waals surface area contributed by atoms with Gasteiger partial charge in [-0.05, 0) is 43.0 Å². The fourth-order valence-electron chi connectivity index (χ4n) is 1.75. The van der Waals surface area contributed by atoms with Gasteiger partial charge in [-0.1, -0.05) is 12.1 Å². The topological polar surface area (TPSA) is 38.9 Å². The number of benzene rings is 1. The summed E-state index contributed by atoms with van der Waals surface area (Å²) in [4.78, 5) is 5.51. The third-order valence-corrected chi connectivity index (χ3v) is 4.10. The van der Waals surface area contributed by atoms with Crippen LogP contribution in [-0.4, -0.2) is 4.98 Å². The van der Waals surface area contributed by atoms with Gasteiger partial charge in [0.2, 0.25) is 0 Å². The Labute approximate surface area is 100 Å². The summed E-state index contributed by atoms with van der Waals surface area (Å²) in [5.41, 5.74) is 10.9. The van der Waals surface area contributed by atoms with Crippen LogP contribution < -0.4 is 5.73 Å². The third kappa shape index (κ3) is 1.88. The highest BCUT2D eigenvalue weighted by Crippen LogP contribution is 2.31. The molecule has 0 radical (unpaired) electrons. The molecule has 2 aromatic rings. The Kier molecular flexibility index (Phi) is 3.08. The van der Waals surface area contributed by atoms with Gasteiger partial charge in [-0.15, -0.1) is 11.3 Å². The van der Waals surface area contributed by atoms with Crippen molar-refractivity contribution in [3.8, 4) is 10.4 Å². The van der Waals surface area contributed by atoms with E-state index in [0.29, 0.717) is 6.54 Å². The molecule has 0 saturated heterocycles. The van der Waals surface area contributed by atoms with Crippen LogP contribution in [0.5, 0.6) is 0 Å². The van der Waals surface area contributed by atoms with Crippen LogP contribution in [0.1, 0.15) is 21.7 Å². The molecule has 2 rings (SSSR count). The molecule has 2 N–H and O–H groups in total. The number of aryl methyl sites for hydroxylation is 1. The number of hydrogen-bond donors (Lipinski definition) is 1. The van der Waals surface area contributed by atoms with Crippen LogP contribution in [0, 0.1) is 20.8 Å². The van der Waals surface area contributed by atoms with Crippen molar-refractivity contribution in [3.63, 3.8) is 0 Å². The molecule has 0 aliphatic heterocycles. The Morgan fingerprint density at radius 3 is 2.56 bits per heavy atom. The van der Waals surface area contributed by atoms with Gasteiger partial charge in [-0.2, -0.15) is 0 Å². The summed E-state index contributed by atoms with van der Waals surface area (Å²) in [5, 5.41) is 0.993. The molecule has 84 valence electrons. The van der Waals surface area contributed by atoms with Crippen LogP contribution in [0.25, 0.3) is 10.4 Å². The van der Waals surface area contributed by atoms with E-state index in [-0.39, 0.29) is 0 Å². The van der Waals surface area contributed by atoms with Crippen LogP contribution in [0.4, 0.5) is 0 Å². The first-order valence-corrected chi connectivity index (χ1v) is 6.17. The summed E-state index contributed by atoms with van der Waals surface area (Å²) in [6, 6.07) is 4.34. The summed E-state index contributed by atoms with van der Waals surface area (Å²) in [6.45, 7) is 7.00. The monoisotopic (exact) mass is 232 g/mol. The van der Waals surface area contributed by atoms with Gasteiger partial charge < -0.3 is 5.73 Å². The molecule has 1 heterocycles. The van der Waals surface area contributed by atoms with Crippen molar-refractivity contribution in [2.75, 3.05) is 0 Å². The van der Waals surface area contributed by atoms with E-state index in [2.05, 4.69) is 37.9 Å². The average Bonchev–Trinajstić information content (AvgIpc) is 2.74. The molecule has 1 aromatic heterocycles. The molecule has 0 unspecified atom stereocenters. The van der Waals surface area contributed by atoms with Crippen molar-refractivity contribution in [1.29, 1.82) is 0 Å². The SMILES string of the molecule is Cc1ccc(-c2cnc(CN)s2)c(C)c1C. The molecule has 2 nitrogen and oxygen atoms in total. The summed E-state index contributed by atoms with van der Waals surface area (Å²) in [6.07, 6.45) is 1.92. The van der Waals surface area contributed by atoms with E-state index in [1.54, 1.807) is 11.3 Å².